The fraction of sp³-hybridized carbons (Fsp3) is 0.125. The maximum Gasteiger partial charge on any atom is 0.194 e. The third-order valence-corrected chi connectivity index (χ3v) is 5.26. The predicted octanol–water partition coefficient (Wildman–Crippen LogP) is 4.79. The molecule has 0 fully saturated rings. The van der Waals surface area contributed by atoms with E-state index in [1.807, 2.05) is 25.1 Å². The van der Waals surface area contributed by atoms with E-state index in [9.17, 15) is 0 Å². The van der Waals surface area contributed by atoms with Gasteiger partial charge in [-0.2, -0.15) is 0 Å². The summed E-state index contributed by atoms with van der Waals surface area (Å²) in [5.41, 5.74) is 3.25. The molecule has 0 amide bonds. The zero-order valence-corrected chi connectivity index (χ0v) is 13.3. The summed E-state index contributed by atoms with van der Waals surface area (Å²) in [6.45, 7) is 4.16. The van der Waals surface area contributed by atoms with E-state index >= 15 is 0 Å². The Morgan fingerprint density at radius 3 is 2.76 bits per heavy atom. The first kappa shape index (κ1) is 12.7. The standard InChI is InChI=1S/C16H13N3S2/c1-10-9-19-13(11(2)17-16(19)20-10)7-8-15-18-12-5-3-4-6-14(12)21-15/h3-9H,1-2H3. The molecule has 21 heavy (non-hydrogen) atoms. The number of hydrogen-bond donors (Lipinski definition) is 0. The number of aromatic nitrogens is 3. The first-order valence-corrected chi connectivity index (χ1v) is 8.33. The minimum atomic E-state index is 1.03. The molecule has 0 atom stereocenters. The van der Waals surface area contributed by atoms with Crippen LogP contribution in [0.4, 0.5) is 0 Å². The highest BCUT2D eigenvalue weighted by atomic mass is 32.1. The van der Waals surface area contributed by atoms with Gasteiger partial charge in [0.05, 0.1) is 21.6 Å². The Balaban J connectivity index is 1.77. The lowest BCUT2D eigenvalue weighted by Gasteiger charge is -1.92. The van der Waals surface area contributed by atoms with E-state index in [-0.39, 0.29) is 0 Å². The van der Waals surface area contributed by atoms with E-state index in [4.69, 9.17) is 0 Å². The summed E-state index contributed by atoms with van der Waals surface area (Å²) in [6, 6.07) is 8.23. The molecule has 4 rings (SSSR count). The van der Waals surface area contributed by atoms with Crippen LogP contribution < -0.4 is 0 Å². The highest BCUT2D eigenvalue weighted by Gasteiger charge is 2.08. The Hall–Kier alpha value is -1.98. The summed E-state index contributed by atoms with van der Waals surface area (Å²) in [7, 11) is 0. The van der Waals surface area contributed by atoms with Crippen molar-refractivity contribution in [2.75, 3.05) is 0 Å². The maximum atomic E-state index is 4.63. The largest absolute Gasteiger partial charge is 0.290 e. The highest BCUT2D eigenvalue weighted by molar-refractivity contribution is 7.19. The Morgan fingerprint density at radius 1 is 1.05 bits per heavy atom. The summed E-state index contributed by atoms with van der Waals surface area (Å²) in [6.07, 6.45) is 6.32. The van der Waals surface area contributed by atoms with Crippen molar-refractivity contribution in [2.24, 2.45) is 0 Å². The Kier molecular flexibility index (Phi) is 2.90. The van der Waals surface area contributed by atoms with Gasteiger partial charge in [-0.25, -0.2) is 9.97 Å². The fourth-order valence-electron chi connectivity index (χ4n) is 2.39. The average molecular weight is 311 g/mol. The molecule has 0 radical (unpaired) electrons. The van der Waals surface area contributed by atoms with E-state index in [1.54, 1.807) is 22.7 Å². The molecule has 0 unspecified atom stereocenters. The number of hydrogen-bond acceptors (Lipinski definition) is 4. The number of rotatable bonds is 2. The van der Waals surface area contributed by atoms with Crippen LogP contribution in [0.3, 0.4) is 0 Å². The second-order valence-corrected chi connectivity index (χ2v) is 7.21. The van der Waals surface area contributed by atoms with Crippen LogP contribution in [0.2, 0.25) is 0 Å². The molecule has 0 spiro atoms. The number of para-hydroxylation sites is 1. The van der Waals surface area contributed by atoms with Gasteiger partial charge in [-0.05, 0) is 38.1 Å². The van der Waals surface area contributed by atoms with Crippen LogP contribution in [-0.4, -0.2) is 14.4 Å². The van der Waals surface area contributed by atoms with Gasteiger partial charge in [0.15, 0.2) is 4.96 Å². The van der Waals surface area contributed by atoms with Crippen LogP contribution in [0.15, 0.2) is 30.5 Å². The smallest absolute Gasteiger partial charge is 0.194 e. The molecular weight excluding hydrogens is 298 g/mol. The van der Waals surface area contributed by atoms with Gasteiger partial charge in [-0.15, -0.1) is 22.7 Å². The predicted molar refractivity (Wildman–Crippen MR) is 91.1 cm³/mol. The van der Waals surface area contributed by atoms with E-state index in [0.29, 0.717) is 0 Å². The van der Waals surface area contributed by atoms with Crippen LogP contribution >= 0.6 is 22.7 Å². The molecular formula is C16H13N3S2. The minimum Gasteiger partial charge on any atom is -0.290 e. The lowest BCUT2D eigenvalue weighted by Crippen LogP contribution is -1.83. The first-order valence-electron chi connectivity index (χ1n) is 6.69. The van der Waals surface area contributed by atoms with Crippen LogP contribution in [0.5, 0.6) is 0 Å². The monoisotopic (exact) mass is 311 g/mol. The topological polar surface area (TPSA) is 30.2 Å². The van der Waals surface area contributed by atoms with Gasteiger partial charge in [0.25, 0.3) is 0 Å². The molecule has 1 aromatic carbocycles. The van der Waals surface area contributed by atoms with Gasteiger partial charge >= 0.3 is 0 Å². The van der Waals surface area contributed by atoms with Crippen LogP contribution in [0.1, 0.15) is 21.3 Å². The summed E-state index contributed by atoms with van der Waals surface area (Å²) in [5.74, 6) is 0. The normalized spacial score (nSPS) is 12.1. The van der Waals surface area contributed by atoms with E-state index in [1.165, 1.54) is 9.58 Å². The summed E-state index contributed by atoms with van der Waals surface area (Å²) >= 11 is 3.43. The number of imidazole rings is 1. The molecule has 5 heteroatoms. The highest BCUT2D eigenvalue weighted by Crippen LogP contribution is 2.25. The van der Waals surface area contributed by atoms with E-state index < -0.39 is 0 Å². The molecule has 0 bridgehead atoms. The van der Waals surface area contributed by atoms with Crippen LogP contribution in [0.25, 0.3) is 27.3 Å². The molecule has 104 valence electrons. The third-order valence-electron chi connectivity index (χ3n) is 3.36. The number of benzene rings is 1. The van der Waals surface area contributed by atoms with Gasteiger partial charge in [0, 0.05) is 11.1 Å². The fourth-order valence-corrected chi connectivity index (χ4v) is 4.14. The minimum absolute atomic E-state index is 1.03. The molecule has 0 aliphatic heterocycles. The van der Waals surface area contributed by atoms with Crippen molar-refractivity contribution >= 4 is 50.0 Å². The Bertz CT molecular complexity index is 939. The molecule has 0 N–H and O–H groups in total. The van der Waals surface area contributed by atoms with Crippen molar-refractivity contribution in [1.29, 1.82) is 0 Å². The molecule has 3 aromatic heterocycles. The van der Waals surface area contributed by atoms with Crippen molar-refractivity contribution in [3.05, 3.63) is 51.7 Å². The van der Waals surface area contributed by atoms with Gasteiger partial charge in [0.2, 0.25) is 0 Å². The molecule has 4 aromatic rings. The molecule has 0 aliphatic rings. The van der Waals surface area contributed by atoms with Crippen LogP contribution in [-0.2, 0) is 0 Å². The van der Waals surface area contributed by atoms with Crippen molar-refractivity contribution in [1.82, 2.24) is 14.4 Å². The average Bonchev–Trinajstić information content (AvgIpc) is 3.09. The van der Waals surface area contributed by atoms with Gasteiger partial charge in [-0.3, -0.25) is 4.40 Å². The molecule has 0 saturated heterocycles. The van der Waals surface area contributed by atoms with Crippen molar-refractivity contribution < 1.29 is 0 Å². The van der Waals surface area contributed by atoms with Crippen molar-refractivity contribution in [2.45, 2.75) is 13.8 Å². The van der Waals surface area contributed by atoms with Crippen LogP contribution in [0, 0.1) is 13.8 Å². The lowest BCUT2D eigenvalue weighted by atomic mass is 10.3. The second-order valence-electron chi connectivity index (χ2n) is 4.93. The molecule has 0 aliphatic carbocycles. The number of thiazole rings is 2. The molecule has 3 heterocycles. The molecule has 3 nitrogen and oxygen atoms in total. The first-order chi connectivity index (χ1) is 10.2. The van der Waals surface area contributed by atoms with Crippen molar-refractivity contribution in [3.8, 4) is 0 Å². The maximum absolute atomic E-state index is 4.63. The van der Waals surface area contributed by atoms with E-state index in [2.05, 4.69) is 45.7 Å². The number of aryl methyl sites for hydroxylation is 2. The second kappa shape index (κ2) is 4.79. The summed E-state index contributed by atoms with van der Waals surface area (Å²) < 4.78 is 3.37. The third kappa shape index (κ3) is 2.18. The van der Waals surface area contributed by atoms with Gasteiger partial charge in [-0.1, -0.05) is 12.1 Å². The van der Waals surface area contributed by atoms with Crippen molar-refractivity contribution in [3.63, 3.8) is 0 Å². The lowest BCUT2D eigenvalue weighted by molar-refractivity contribution is 1.18. The SMILES string of the molecule is Cc1cn2c(C=Cc3nc4ccccc4s3)c(C)nc2s1. The molecule has 0 saturated carbocycles. The zero-order valence-electron chi connectivity index (χ0n) is 11.7. The number of fused-ring (bicyclic) bond motifs is 2. The summed E-state index contributed by atoms with van der Waals surface area (Å²) in [4.78, 5) is 11.6. The Morgan fingerprint density at radius 2 is 1.90 bits per heavy atom. The van der Waals surface area contributed by atoms with Gasteiger partial charge in [0.1, 0.15) is 5.01 Å². The Labute approximate surface area is 130 Å². The zero-order chi connectivity index (χ0) is 14.4. The quantitative estimate of drug-likeness (QED) is 0.532. The summed E-state index contributed by atoms with van der Waals surface area (Å²) in [5, 5.41) is 1.03. The number of nitrogens with zero attached hydrogens (tertiary/aromatic N) is 3. The van der Waals surface area contributed by atoms with Gasteiger partial charge < -0.3 is 0 Å². The van der Waals surface area contributed by atoms with E-state index in [0.717, 1.165) is 26.9 Å².